The minimum absolute atomic E-state index is 0.0334. The maximum Gasteiger partial charge on any atom is 0.326 e. The molecule has 0 atom stereocenters. The van der Waals surface area contributed by atoms with Crippen LogP contribution in [0.25, 0.3) is 11.0 Å². The number of aryl methyl sites for hydroxylation is 1. The van der Waals surface area contributed by atoms with Crippen LogP contribution in [0.1, 0.15) is 30.4 Å². The lowest BCUT2D eigenvalue weighted by Gasteiger charge is -2.14. The first-order valence-corrected chi connectivity index (χ1v) is 12.5. The van der Waals surface area contributed by atoms with Gasteiger partial charge in [-0.2, -0.15) is 0 Å². The number of para-hydroxylation sites is 2. The van der Waals surface area contributed by atoms with Gasteiger partial charge in [0, 0.05) is 11.4 Å². The monoisotopic (exact) mass is 505 g/mol. The van der Waals surface area contributed by atoms with Crippen molar-refractivity contribution in [1.29, 1.82) is 0 Å². The first-order valence-electron chi connectivity index (χ1n) is 11.1. The van der Waals surface area contributed by atoms with Crippen LogP contribution < -0.4 is 11.0 Å². The predicted octanol–water partition coefficient (Wildman–Crippen LogP) is 3.79. The number of carbonyl (C=O) groups is 2. The molecular formula is C24H28ClN3O5S. The van der Waals surface area contributed by atoms with Crippen LogP contribution in [-0.2, 0) is 29.0 Å². The molecule has 10 heteroatoms. The van der Waals surface area contributed by atoms with Crippen molar-refractivity contribution in [3.63, 3.8) is 0 Å². The van der Waals surface area contributed by atoms with Crippen LogP contribution >= 0.6 is 23.4 Å². The standard InChI is InChI=1S/C20H22ClN3OS.C4H6O4/c21-16-7-6-14-8-10-22-11-9-15(14)19(16)26-13-3-12-24-18-5-2-1-4-17(18)23-20(24)25;5-3(6)1-2-4(7)8/h1-2,4-7,22H,3,8-13H2,(H,23,25);1-2H2,(H,5,6)(H,7,8). The number of thioether (sulfide) groups is 1. The van der Waals surface area contributed by atoms with Crippen LogP contribution in [-0.4, -0.2) is 50.5 Å². The van der Waals surface area contributed by atoms with Gasteiger partial charge in [-0.3, -0.25) is 14.2 Å². The van der Waals surface area contributed by atoms with E-state index in [0.29, 0.717) is 6.54 Å². The van der Waals surface area contributed by atoms with Gasteiger partial charge in [0.15, 0.2) is 0 Å². The topological polar surface area (TPSA) is 124 Å². The van der Waals surface area contributed by atoms with E-state index in [-0.39, 0.29) is 18.5 Å². The van der Waals surface area contributed by atoms with Gasteiger partial charge in [-0.15, -0.1) is 11.8 Å². The number of hydrogen-bond donors (Lipinski definition) is 4. The first kappa shape index (κ1) is 25.9. The third-order valence-corrected chi connectivity index (χ3v) is 7.11. The fraction of sp³-hybridized carbons (Fsp3) is 0.375. The zero-order valence-corrected chi connectivity index (χ0v) is 20.3. The molecule has 0 bridgehead atoms. The number of aromatic amines is 1. The molecule has 0 unspecified atom stereocenters. The highest BCUT2D eigenvalue weighted by molar-refractivity contribution is 7.99. The number of carboxylic acid groups (broad SMARTS) is 2. The largest absolute Gasteiger partial charge is 0.481 e. The molecular weight excluding hydrogens is 478 g/mol. The van der Waals surface area contributed by atoms with Crippen molar-refractivity contribution < 1.29 is 19.8 Å². The third-order valence-electron chi connectivity index (χ3n) is 5.44. The van der Waals surface area contributed by atoms with Crippen LogP contribution in [0.15, 0.2) is 46.1 Å². The summed E-state index contributed by atoms with van der Waals surface area (Å²) in [6.45, 7) is 2.75. The summed E-state index contributed by atoms with van der Waals surface area (Å²) in [6.07, 6.45) is 2.42. The predicted molar refractivity (Wildman–Crippen MR) is 134 cm³/mol. The number of halogens is 1. The van der Waals surface area contributed by atoms with Gasteiger partial charge in [0.05, 0.1) is 28.9 Å². The summed E-state index contributed by atoms with van der Waals surface area (Å²) >= 11 is 8.31. The molecule has 1 aliphatic heterocycles. The molecule has 0 radical (unpaired) electrons. The summed E-state index contributed by atoms with van der Waals surface area (Å²) < 4.78 is 1.83. The highest BCUT2D eigenvalue weighted by Gasteiger charge is 2.15. The number of aromatic nitrogens is 2. The molecule has 0 aliphatic carbocycles. The van der Waals surface area contributed by atoms with Crippen LogP contribution in [0.2, 0.25) is 5.02 Å². The number of carboxylic acids is 2. The van der Waals surface area contributed by atoms with Crippen molar-refractivity contribution in [3.05, 3.63) is 63.0 Å². The molecule has 0 spiro atoms. The van der Waals surface area contributed by atoms with Gasteiger partial charge in [0.2, 0.25) is 0 Å². The van der Waals surface area contributed by atoms with Gasteiger partial charge >= 0.3 is 17.6 Å². The maximum absolute atomic E-state index is 12.2. The van der Waals surface area contributed by atoms with E-state index >= 15 is 0 Å². The summed E-state index contributed by atoms with van der Waals surface area (Å²) in [4.78, 5) is 35.6. The summed E-state index contributed by atoms with van der Waals surface area (Å²) in [5.74, 6) is -1.21. The molecule has 4 N–H and O–H groups in total. The fourth-order valence-electron chi connectivity index (χ4n) is 3.81. The fourth-order valence-corrected chi connectivity index (χ4v) is 5.24. The van der Waals surface area contributed by atoms with Crippen molar-refractivity contribution >= 4 is 46.3 Å². The maximum atomic E-state index is 12.2. The summed E-state index contributed by atoms with van der Waals surface area (Å²) in [6, 6.07) is 12.0. The zero-order valence-electron chi connectivity index (χ0n) is 18.7. The molecule has 0 fully saturated rings. The Morgan fingerprint density at radius 2 is 1.74 bits per heavy atom. The van der Waals surface area contributed by atoms with E-state index in [1.165, 1.54) is 16.0 Å². The van der Waals surface area contributed by atoms with Crippen LogP contribution in [0.3, 0.4) is 0 Å². The van der Waals surface area contributed by atoms with Crippen LogP contribution in [0.4, 0.5) is 0 Å². The van der Waals surface area contributed by atoms with Crippen LogP contribution in [0, 0.1) is 0 Å². The Kier molecular flexibility index (Phi) is 9.62. The average molecular weight is 506 g/mol. The van der Waals surface area contributed by atoms with E-state index in [9.17, 15) is 14.4 Å². The Bertz CT molecular complexity index is 1190. The van der Waals surface area contributed by atoms with Gasteiger partial charge in [-0.1, -0.05) is 29.8 Å². The number of rotatable bonds is 8. The third kappa shape index (κ3) is 7.12. The smallest absolute Gasteiger partial charge is 0.326 e. The van der Waals surface area contributed by atoms with E-state index in [0.717, 1.165) is 54.2 Å². The van der Waals surface area contributed by atoms with E-state index in [1.54, 1.807) is 0 Å². The second kappa shape index (κ2) is 12.6. The number of hydrogen-bond acceptors (Lipinski definition) is 5. The minimum atomic E-state index is -1.08. The number of H-pyrrole nitrogens is 1. The minimum Gasteiger partial charge on any atom is -0.481 e. The average Bonchev–Trinajstić information content (AvgIpc) is 2.96. The molecule has 8 nitrogen and oxygen atoms in total. The summed E-state index contributed by atoms with van der Waals surface area (Å²) in [7, 11) is 0. The number of nitrogens with one attached hydrogen (secondary N) is 2. The molecule has 0 saturated carbocycles. The number of nitrogens with zero attached hydrogens (tertiary/aromatic N) is 1. The van der Waals surface area contributed by atoms with Crippen molar-refractivity contribution in [2.75, 3.05) is 18.8 Å². The van der Waals surface area contributed by atoms with E-state index < -0.39 is 11.9 Å². The molecule has 3 aromatic rings. The summed E-state index contributed by atoms with van der Waals surface area (Å²) in [5, 5.41) is 20.1. The highest BCUT2D eigenvalue weighted by Crippen LogP contribution is 2.34. The number of aliphatic carboxylic acids is 2. The van der Waals surface area contributed by atoms with Crippen molar-refractivity contribution in [2.45, 2.75) is 43.5 Å². The van der Waals surface area contributed by atoms with Crippen LogP contribution in [0.5, 0.6) is 0 Å². The van der Waals surface area contributed by atoms with Gasteiger partial charge in [-0.25, -0.2) is 4.79 Å². The SMILES string of the molecule is O=C(O)CCC(=O)O.O=c1[nH]c2ccccc2n1CCCSc1c(Cl)ccc2c1CCNCC2. The second-order valence-electron chi connectivity index (χ2n) is 7.85. The van der Waals surface area contributed by atoms with Gasteiger partial charge in [0.25, 0.3) is 0 Å². The molecule has 4 rings (SSSR count). The lowest BCUT2D eigenvalue weighted by molar-refractivity contribution is -0.143. The quantitative estimate of drug-likeness (QED) is 0.271. The van der Waals surface area contributed by atoms with Gasteiger partial charge in [0.1, 0.15) is 0 Å². The second-order valence-corrected chi connectivity index (χ2v) is 9.36. The molecule has 34 heavy (non-hydrogen) atoms. The molecule has 0 amide bonds. The molecule has 0 saturated heterocycles. The molecule has 182 valence electrons. The number of fused-ring (bicyclic) bond motifs is 2. The lowest BCUT2D eigenvalue weighted by atomic mass is 10.0. The Hall–Kier alpha value is -2.75. The van der Waals surface area contributed by atoms with E-state index in [2.05, 4.69) is 16.4 Å². The van der Waals surface area contributed by atoms with Gasteiger partial charge in [-0.05, 0) is 67.4 Å². The number of benzene rings is 2. The Morgan fingerprint density at radius 1 is 1.03 bits per heavy atom. The molecule has 2 heterocycles. The zero-order chi connectivity index (χ0) is 24.5. The number of imidazole rings is 1. The Balaban J connectivity index is 0.000000350. The Morgan fingerprint density at radius 3 is 2.47 bits per heavy atom. The Labute approximate surface area is 206 Å². The van der Waals surface area contributed by atoms with Crippen molar-refractivity contribution in [3.8, 4) is 0 Å². The molecule has 1 aromatic heterocycles. The van der Waals surface area contributed by atoms with E-state index in [4.69, 9.17) is 21.8 Å². The van der Waals surface area contributed by atoms with Gasteiger partial charge < -0.3 is 20.5 Å². The highest BCUT2D eigenvalue weighted by atomic mass is 35.5. The van der Waals surface area contributed by atoms with Crippen molar-refractivity contribution in [2.24, 2.45) is 0 Å². The lowest BCUT2D eigenvalue weighted by Crippen LogP contribution is -2.17. The first-order chi connectivity index (χ1) is 16.4. The van der Waals surface area contributed by atoms with E-state index in [1.807, 2.05) is 46.7 Å². The normalized spacial score (nSPS) is 13.0. The summed E-state index contributed by atoms with van der Waals surface area (Å²) in [5.41, 5.74) is 4.65. The van der Waals surface area contributed by atoms with Crippen molar-refractivity contribution in [1.82, 2.24) is 14.9 Å². The molecule has 2 aromatic carbocycles. The molecule has 1 aliphatic rings.